The largest absolute Gasteiger partial charge is 0.586 e. The molecule has 1 aromatic heterocycles. The molecule has 194 valence electrons. The summed E-state index contributed by atoms with van der Waals surface area (Å²) in [6.07, 6.45) is -2.13. The van der Waals surface area contributed by atoms with Crippen molar-refractivity contribution in [2.75, 3.05) is 30.9 Å². The fraction of sp³-hybridized carbons (Fsp3) is 0.240. The molecule has 3 aromatic rings. The monoisotopic (exact) mass is 516 g/mol. The van der Waals surface area contributed by atoms with Crippen molar-refractivity contribution in [2.24, 2.45) is 0 Å². The van der Waals surface area contributed by atoms with Crippen LogP contribution in [-0.2, 0) is 22.5 Å². The summed E-state index contributed by atoms with van der Waals surface area (Å²) in [6, 6.07) is 10.9. The molecule has 0 saturated heterocycles. The molecule has 0 fully saturated rings. The number of benzene rings is 2. The SMILES string of the molecule is COCCNC(=O)Cc1cc(CNc2ccc(F)cc2C(=O)Nc2ccc3c(c2)OC(F)(F)O3)ccn1. The van der Waals surface area contributed by atoms with E-state index < -0.39 is 18.0 Å². The molecule has 0 saturated carbocycles. The molecule has 12 heteroatoms. The second-order valence-corrected chi connectivity index (χ2v) is 8.00. The number of hydrogen-bond donors (Lipinski definition) is 3. The Morgan fingerprint density at radius 2 is 1.86 bits per heavy atom. The predicted octanol–water partition coefficient (Wildman–Crippen LogP) is 3.71. The van der Waals surface area contributed by atoms with Crippen LogP contribution in [0.2, 0.25) is 0 Å². The van der Waals surface area contributed by atoms with Crippen molar-refractivity contribution < 1.29 is 37.0 Å². The Labute approximate surface area is 209 Å². The zero-order valence-electron chi connectivity index (χ0n) is 19.6. The van der Waals surface area contributed by atoms with Crippen molar-refractivity contribution in [3.63, 3.8) is 0 Å². The molecule has 2 amide bonds. The van der Waals surface area contributed by atoms with Crippen molar-refractivity contribution >= 4 is 23.2 Å². The summed E-state index contributed by atoms with van der Waals surface area (Å²) in [4.78, 5) is 29.1. The van der Waals surface area contributed by atoms with Crippen LogP contribution in [-0.4, -0.2) is 43.4 Å². The fourth-order valence-electron chi connectivity index (χ4n) is 3.54. The van der Waals surface area contributed by atoms with Gasteiger partial charge >= 0.3 is 6.29 Å². The maximum atomic E-state index is 14.0. The lowest BCUT2D eigenvalue weighted by molar-refractivity contribution is -0.286. The maximum Gasteiger partial charge on any atom is 0.586 e. The average molecular weight is 516 g/mol. The number of nitrogens with one attached hydrogen (secondary N) is 3. The Bertz CT molecular complexity index is 1310. The highest BCUT2D eigenvalue weighted by Crippen LogP contribution is 2.42. The van der Waals surface area contributed by atoms with Gasteiger partial charge in [0, 0.05) is 49.5 Å². The van der Waals surface area contributed by atoms with E-state index in [1.54, 1.807) is 25.4 Å². The highest BCUT2D eigenvalue weighted by Gasteiger charge is 2.43. The zero-order chi connectivity index (χ0) is 26.4. The van der Waals surface area contributed by atoms with Gasteiger partial charge in [0.1, 0.15) is 5.82 Å². The number of nitrogens with zero attached hydrogens (tertiary/aromatic N) is 1. The third kappa shape index (κ3) is 6.88. The fourth-order valence-corrected chi connectivity index (χ4v) is 3.54. The minimum Gasteiger partial charge on any atom is -0.395 e. The minimum atomic E-state index is -3.79. The van der Waals surface area contributed by atoms with Crippen LogP contribution in [0.25, 0.3) is 0 Å². The molecule has 37 heavy (non-hydrogen) atoms. The molecular formula is C25H23F3N4O5. The molecule has 0 atom stereocenters. The van der Waals surface area contributed by atoms with Gasteiger partial charge in [0.15, 0.2) is 11.5 Å². The van der Waals surface area contributed by atoms with Gasteiger partial charge in [-0.3, -0.25) is 14.6 Å². The topological polar surface area (TPSA) is 111 Å². The van der Waals surface area contributed by atoms with E-state index in [0.717, 1.165) is 11.6 Å². The van der Waals surface area contributed by atoms with E-state index in [9.17, 15) is 22.8 Å². The van der Waals surface area contributed by atoms with Crippen molar-refractivity contribution in [2.45, 2.75) is 19.3 Å². The van der Waals surface area contributed by atoms with Crippen LogP contribution in [0.3, 0.4) is 0 Å². The quantitative estimate of drug-likeness (QED) is 0.353. The van der Waals surface area contributed by atoms with Gasteiger partial charge in [0.05, 0.1) is 18.6 Å². The summed E-state index contributed by atoms with van der Waals surface area (Å²) in [5.41, 5.74) is 1.82. The smallest absolute Gasteiger partial charge is 0.395 e. The summed E-state index contributed by atoms with van der Waals surface area (Å²) in [5.74, 6) is -1.90. The first kappa shape index (κ1) is 25.8. The number of pyridine rings is 1. The minimum absolute atomic E-state index is 0.00482. The second-order valence-electron chi connectivity index (χ2n) is 8.00. The summed E-state index contributed by atoms with van der Waals surface area (Å²) >= 11 is 0. The van der Waals surface area contributed by atoms with Gasteiger partial charge in [-0.2, -0.15) is 0 Å². The molecule has 9 nitrogen and oxygen atoms in total. The lowest BCUT2D eigenvalue weighted by atomic mass is 10.1. The number of amides is 2. The summed E-state index contributed by atoms with van der Waals surface area (Å²) in [7, 11) is 1.54. The number of halogens is 3. The Kier molecular flexibility index (Phi) is 7.77. The molecule has 1 aliphatic heterocycles. The van der Waals surface area contributed by atoms with E-state index in [2.05, 4.69) is 30.4 Å². The molecule has 2 aromatic carbocycles. The third-order valence-corrected chi connectivity index (χ3v) is 5.22. The van der Waals surface area contributed by atoms with Crippen molar-refractivity contribution in [3.8, 4) is 11.5 Å². The van der Waals surface area contributed by atoms with E-state index >= 15 is 0 Å². The third-order valence-electron chi connectivity index (χ3n) is 5.22. The standard InChI is InChI=1S/C25H23F3N4O5/c1-35-9-8-30-23(33)13-18-10-15(6-7-29-18)14-31-20-4-2-16(26)11-19(20)24(34)32-17-3-5-21-22(12-17)37-25(27,28)36-21/h2-7,10-12,31H,8-9,13-14H2,1H3,(H,30,33)(H,32,34). The average Bonchev–Trinajstić information content (AvgIpc) is 3.16. The van der Waals surface area contributed by atoms with Gasteiger partial charge in [-0.1, -0.05) is 0 Å². The molecule has 3 N–H and O–H groups in total. The number of alkyl halides is 2. The Morgan fingerprint density at radius 3 is 2.68 bits per heavy atom. The number of rotatable bonds is 10. The normalized spacial score (nSPS) is 13.2. The Hall–Kier alpha value is -4.32. The number of carbonyl (C=O) groups is 2. The molecule has 1 aliphatic rings. The predicted molar refractivity (Wildman–Crippen MR) is 127 cm³/mol. The van der Waals surface area contributed by atoms with Crippen LogP contribution in [0.1, 0.15) is 21.6 Å². The lowest BCUT2D eigenvalue weighted by Crippen LogP contribution is -2.28. The first-order chi connectivity index (χ1) is 17.7. The van der Waals surface area contributed by atoms with E-state index in [4.69, 9.17) is 4.74 Å². The Balaban J connectivity index is 1.42. The molecule has 0 aliphatic carbocycles. The Morgan fingerprint density at radius 1 is 1.05 bits per heavy atom. The molecule has 2 heterocycles. The summed E-state index contributed by atoms with van der Waals surface area (Å²) in [5, 5.41) is 8.35. The highest BCUT2D eigenvalue weighted by molar-refractivity contribution is 6.08. The maximum absolute atomic E-state index is 14.0. The van der Waals surface area contributed by atoms with Crippen molar-refractivity contribution in [3.05, 3.63) is 77.4 Å². The summed E-state index contributed by atoms with van der Waals surface area (Å²) < 4.78 is 54.1. The molecule has 0 unspecified atom stereocenters. The van der Waals surface area contributed by atoms with Crippen molar-refractivity contribution in [1.82, 2.24) is 10.3 Å². The molecule has 0 spiro atoms. The summed E-state index contributed by atoms with van der Waals surface area (Å²) in [6.45, 7) is 1.05. The number of ether oxygens (including phenoxy) is 3. The molecule has 0 radical (unpaired) electrons. The van der Waals surface area contributed by atoms with E-state index in [0.29, 0.717) is 24.5 Å². The van der Waals surface area contributed by atoms with Gasteiger partial charge in [0.2, 0.25) is 5.91 Å². The zero-order valence-corrected chi connectivity index (χ0v) is 19.6. The van der Waals surface area contributed by atoms with E-state index in [1.165, 1.54) is 30.3 Å². The first-order valence-electron chi connectivity index (χ1n) is 11.2. The van der Waals surface area contributed by atoms with Gasteiger partial charge in [0.25, 0.3) is 5.91 Å². The van der Waals surface area contributed by atoms with Gasteiger partial charge < -0.3 is 30.2 Å². The highest BCUT2D eigenvalue weighted by atomic mass is 19.3. The van der Waals surface area contributed by atoms with E-state index in [1.807, 2.05) is 0 Å². The van der Waals surface area contributed by atoms with Gasteiger partial charge in [-0.25, -0.2) is 4.39 Å². The van der Waals surface area contributed by atoms with Crippen LogP contribution >= 0.6 is 0 Å². The second kappa shape index (κ2) is 11.2. The van der Waals surface area contributed by atoms with Gasteiger partial charge in [-0.05, 0) is 48.0 Å². The van der Waals surface area contributed by atoms with Crippen LogP contribution in [0.5, 0.6) is 11.5 Å². The number of fused-ring (bicyclic) bond motifs is 1. The van der Waals surface area contributed by atoms with Crippen LogP contribution in [0.15, 0.2) is 54.7 Å². The van der Waals surface area contributed by atoms with Gasteiger partial charge in [-0.15, -0.1) is 8.78 Å². The number of anilines is 2. The number of aromatic nitrogens is 1. The van der Waals surface area contributed by atoms with Crippen LogP contribution in [0, 0.1) is 5.82 Å². The number of hydrogen-bond acceptors (Lipinski definition) is 7. The lowest BCUT2D eigenvalue weighted by Gasteiger charge is -2.13. The van der Waals surface area contributed by atoms with Crippen LogP contribution in [0.4, 0.5) is 24.5 Å². The van der Waals surface area contributed by atoms with Crippen LogP contribution < -0.4 is 25.4 Å². The number of carbonyl (C=O) groups excluding carboxylic acids is 2. The van der Waals surface area contributed by atoms with E-state index in [-0.39, 0.29) is 41.6 Å². The molecule has 0 bridgehead atoms. The number of methoxy groups -OCH3 is 1. The molecule has 4 rings (SSSR count). The molecular weight excluding hydrogens is 493 g/mol. The first-order valence-corrected chi connectivity index (χ1v) is 11.2. The van der Waals surface area contributed by atoms with Crippen molar-refractivity contribution in [1.29, 1.82) is 0 Å².